The summed E-state index contributed by atoms with van der Waals surface area (Å²) in [6, 6.07) is 3.41. The fourth-order valence-corrected chi connectivity index (χ4v) is 3.33. The van der Waals surface area contributed by atoms with Crippen LogP contribution >= 0.6 is 0 Å². The SMILES string of the molecule is COCCOCCNS(=O)(=O)c1c(C)ccc(N)c1C. The monoisotopic (exact) mass is 302 g/mol. The average Bonchev–Trinajstić information content (AvgIpc) is 2.38. The second kappa shape index (κ2) is 7.58. The van der Waals surface area contributed by atoms with Crippen LogP contribution in [0.1, 0.15) is 11.1 Å². The second-order valence-electron chi connectivity index (χ2n) is 4.43. The summed E-state index contributed by atoms with van der Waals surface area (Å²) >= 11 is 0. The van der Waals surface area contributed by atoms with E-state index in [1.165, 1.54) is 0 Å². The van der Waals surface area contributed by atoms with Gasteiger partial charge in [-0.1, -0.05) is 6.07 Å². The maximum Gasteiger partial charge on any atom is 0.241 e. The van der Waals surface area contributed by atoms with Crippen LogP contribution in [0, 0.1) is 13.8 Å². The molecule has 1 aromatic carbocycles. The zero-order valence-electron chi connectivity index (χ0n) is 12.1. The van der Waals surface area contributed by atoms with E-state index in [9.17, 15) is 8.42 Å². The standard InChI is InChI=1S/C13H22N2O4S/c1-10-4-5-12(14)11(2)13(10)20(16,17)15-6-7-19-9-8-18-3/h4-5,15H,6-9,14H2,1-3H3. The summed E-state index contributed by atoms with van der Waals surface area (Å²) in [5.74, 6) is 0. The molecule has 0 atom stereocenters. The minimum Gasteiger partial charge on any atom is -0.398 e. The lowest BCUT2D eigenvalue weighted by Gasteiger charge is -2.13. The van der Waals surface area contributed by atoms with Gasteiger partial charge in [0.1, 0.15) is 0 Å². The number of nitrogens with one attached hydrogen (secondary N) is 1. The molecule has 0 saturated carbocycles. The summed E-state index contributed by atoms with van der Waals surface area (Å²) in [6.45, 7) is 4.87. The van der Waals surface area contributed by atoms with Crippen LogP contribution in [0.25, 0.3) is 0 Å². The Morgan fingerprint density at radius 3 is 2.55 bits per heavy atom. The van der Waals surface area contributed by atoms with Gasteiger partial charge in [-0.05, 0) is 31.0 Å². The number of hydrogen-bond donors (Lipinski definition) is 2. The van der Waals surface area contributed by atoms with E-state index in [4.69, 9.17) is 15.2 Å². The Balaban J connectivity index is 2.68. The van der Waals surface area contributed by atoms with E-state index in [2.05, 4.69) is 4.72 Å². The zero-order chi connectivity index (χ0) is 15.2. The lowest BCUT2D eigenvalue weighted by atomic mass is 10.1. The zero-order valence-corrected chi connectivity index (χ0v) is 12.9. The molecule has 0 radical (unpaired) electrons. The van der Waals surface area contributed by atoms with Gasteiger partial charge in [0.15, 0.2) is 0 Å². The molecule has 0 unspecified atom stereocenters. The first-order valence-corrected chi connectivity index (χ1v) is 7.80. The predicted octanol–water partition coefficient (Wildman–Crippen LogP) is 0.827. The molecule has 0 aliphatic heterocycles. The average molecular weight is 302 g/mol. The molecule has 0 heterocycles. The lowest BCUT2D eigenvalue weighted by Crippen LogP contribution is -2.29. The highest BCUT2D eigenvalue weighted by Crippen LogP contribution is 2.24. The van der Waals surface area contributed by atoms with Crippen LogP contribution in [0.3, 0.4) is 0 Å². The van der Waals surface area contributed by atoms with Crippen molar-refractivity contribution in [3.05, 3.63) is 23.3 Å². The van der Waals surface area contributed by atoms with E-state index in [0.29, 0.717) is 36.6 Å². The van der Waals surface area contributed by atoms with Crippen molar-refractivity contribution in [2.45, 2.75) is 18.7 Å². The molecule has 20 heavy (non-hydrogen) atoms. The highest BCUT2D eigenvalue weighted by molar-refractivity contribution is 7.89. The molecule has 0 amide bonds. The molecule has 6 nitrogen and oxygen atoms in total. The summed E-state index contributed by atoms with van der Waals surface area (Å²) in [6.07, 6.45) is 0. The number of aryl methyl sites for hydroxylation is 1. The van der Waals surface area contributed by atoms with Crippen molar-refractivity contribution >= 4 is 15.7 Å². The van der Waals surface area contributed by atoms with Crippen LogP contribution < -0.4 is 10.5 Å². The van der Waals surface area contributed by atoms with E-state index >= 15 is 0 Å². The summed E-state index contributed by atoms with van der Waals surface area (Å²) in [4.78, 5) is 0.245. The van der Waals surface area contributed by atoms with Crippen molar-refractivity contribution in [3.8, 4) is 0 Å². The summed E-state index contributed by atoms with van der Waals surface area (Å²) in [7, 11) is -2.00. The number of nitrogens with two attached hydrogens (primary N) is 1. The van der Waals surface area contributed by atoms with E-state index in [1.54, 1.807) is 33.1 Å². The molecule has 0 aromatic heterocycles. The molecule has 0 aliphatic rings. The number of ether oxygens (including phenoxy) is 2. The molecule has 0 aliphatic carbocycles. The minimum absolute atomic E-state index is 0.208. The molecular weight excluding hydrogens is 280 g/mol. The number of benzene rings is 1. The molecule has 3 N–H and O–H groups in total. The summed E-state index contributed by atoms with van der Waals surface area (Å²) in [5.41, 5.74) is 7.47. The van der Waals surface area contributed by atoms with Gasteiger partial charge in [0.05, 0.1) is 24.7 Å². The third-order valence-electron chi connectivity index (χ3n) is 2.88. The quantitative estimate of drug-likeness (QED) is 0.548. The summed E-state index contributed by atoms with van der Waals surface area (Å²) < 4.78 is 37.1. The number of sulfonamides is 1. The van der Waals surface area contributed by atoms with E-state index in [0.717, 1.165) is 0 Å². The van der Waals surface area contributed by atoms with Crippen LogP contribution in [0.5, 0.6) is 0 Å². The van der Waals surface area contributed by atoms with Gasteiger partial charge in [0.25, 0.3) is 0 Å². The third-order valence-corrected chi connectivity index (χ3v) is 4.63. The van der Waals surface area contributed by atoms with Gasteiger partial charge in [0.2, 0.25) is 10.0 Å². The van der Waals surface area contributed by atoms with Gasteiger partial charge in [-0.25, -0.2) is 13.1 Å². The number of rotatable bonds is 8. The Labute approximate surface area is 120 Å². The second-order valence-corrected chi connectivity index (χ2v) is 6.13. The maximum absolute atomic E-state index is 12.3. The fourth-order valence-electron chi connectivity index (χ4n) is 1.82. The number of hydrogen-bond acceptors (Lipinski definition) is 5. The van der Waals surface area contributed by atoms with E-state index in [-0.39, 0.29) is 11.4 Å². The van der Waals surface area contributed by atoms with Gasteiger partial charge >= 0.3 is 0 Å². The molecule has 0 saturated heterocycles. The molecule has 0 fully saturated rings. The molecule has 7 heteroatoms. The Bertz CT molecular complexity index is 544. The van der Waals surface area contributed by atoms with Gasteiger partial charge in [-0.3, -0.25) is 0 Å². The minimum atomic E-state index is -3.58. The van der Waals surface area contributed by atoms with Gasteiger partial charge in [-0.15, -0.1) is 0 Å². The predicted molar refractivity (Wildman–Crippen MR) is 78.2 cm³/mol. The highest BCUT2D eigenvalue weighted by Gasteiger charge is 2.20. The van der Waals surface area contributed by atoms with Crippen LogP contribution in [0.2, 0.25) is 0 Å². The maximum atomic E-state index is 12.3. The molecular formula is C13H22N2O4S. The number of anilines is 1. The number of nitrogen functional groups attached to an aromatic ring is 1. The highest BCUT2D eigenvalue weighted by atomic mass is 32.2. The number of methoxy groups -OCH3 is 1. The molecule has 114 valence electrons. The van der Waals surface area contributed by atoms with Crippen LogP contribution in [0.15, 0.2) is 17.0 Å². The Hall–Kier alpha value is -1.15. The molecule has 1 aromatic rings. The van der Waals surface area contributed by atoms with Crippen LogP contribution in [-0.4, -0.2) is 41.9 Å². The fraction of sp³-hybridized carbons (Fsp3) is 0.538. The first-order valence-electron chi connectivity index (χ1n) is 6.32. The van der Waals surface area contributed by atoms with Crippen LogP contribution in [-0.2, 0) is 19.5 Å². The Morgan fingerprint density at radius 1 is 1.20 bits per heavy atom. The Kier molecular flexibility index (Phi) is 6.41. The lowest BCUT2D eigenvalue weighted by molar-refractivity contribution is 0.0736. The van der Waals surface area contributed by atoms with Crippen molar-refractivity contribution in [2.24, 2.45) is 0 Å². The third kappa shape index (κ3) is 4.45. The van der Waals surface area contributed by atoms with Crippen molar-refractivity contribution in [1.29, 1.82) is 0 Å². The van der Waals surface area contributed by atoms with E-state index < -0.39 is 10.0 Å². The normalized spacial score (nSPS) is 11.8. The largest absolute Gasteiger partial charge is 0.398 e. The van der Waals surface area contributed by atoms with Crippen molar-refractivity contribution < 1.29 is 17.9 Å². The molecule has 1 rings (SSSR count). The van der Waals surface area contributed by atoms with Crippen molar-refractivity contribution in [3.63, 3.8) is 0 Å². The van der Waals surface area contributed by atoms with Crippen molar-refractivity contribution in [2.75, 3.05) is 39.2 Å². The van der Waals surface area contributed by atoms with Gasteiger partial charge in [0, 0.05) is 19.3 Å². The van der Waals surface area contributed by atoms with Gasteiger partial charge in [-0.2, -0.15) is 0 Å². The first kappa shape index (κ1) is 16.9. The Morgan fingerprint density at radius 2 is 1.90 bits per heavy atom. The molecule has 0 bridgehead atoms. The molecule has 0 spiro atoms. The van der Waals surface area contributed by atoms with Crippen molar-refractivity contribution in [1.82, 2.24) is 4.72 Å². The van der Waals surface area contributed by atoms with E-state index in [1.807, 2.05) is 0 Å². The topological polar surface area (TPSA) is 90.6 Å². The van der Waals surface area contributed by atoms with Crippen LogP contribution in [0.4, 0.5) is 5.69 Å². The first-order chi connectivity index (χ1) is 9.40. The van der Waals surface area contributed by atoms with Gasteiger partial charge < -0.3 is 15.2 Å². The smallest absolute Gasteiger partial charge is 0.241 e. The summed E-state index contributed by atoms with van der Waals surface area (Å²) in [5, 5.41) is 0.